The standard InChI is InChI=1S/C17H21F3N4O4/c1-2-23(16(27)24-7-9-28-10-8-24)11-12-3-5-13(6-4-12)14(25)21-22-15(26)17(18,19)20/h3-6H,2,7-11H2,1H3,(H,21,25)(H,22,26). The Labute approximate surface area is 159 Å². The lowest BCUT2D eigenvalue weighted by Crippen LogP contribution is -2.48. The summed E-state index contributed by atoms with van der Waals surface area (Å²) in [6.45, 7) is 4.71. The third-order valence-corrected chi connectivity index (χ3v) is 4.07. The van der Waals surface area contributed by atoms with Crippen molar-refractivity contribution in [1.29, 1.82) is 0 Å². The molecular weight excluding hydrogens is 381 g/mol. The number of alkyl halides is 3. The first kappa shape index (κ1) is 21.5. The molecule has 1 saturated heterocycles. The van der Waals surface area contributed by atoms with Crippen LogP contribution in [0.3, 0.4) is 0 Å². The molecule has 0 bridgehead atoms. The number of nitrogens with zero attached hydrogens (tertiary/aromatic N) is 2. The maximum atomic E-state index is 12.5. The van der Waals surface area contributed by atoms with Gasteiger partial charge in [-0.1, -0.05) is 12.1 Å². The number of ether oxygens (including phenoxy) is 1. The third-order valence-electron chi connectivity index (χ3n) is 4.07. The fourth-order valence-corrected chi connectivity index (χ4v) is 2.51. The monoisotopic (exact) mass is 402 g/mol. The number of nitrogens with one attached hydrogen (secondary N) is 2. The lowest BCUT2D eigenvalue weighted by molar-refractivity contribution is -0.174. The zero-order valence-electron chi connectivity index (χ0n) is 15.2. The van der Waals surface area contributed by atoms with Crippen LogP contribution in [0, 0.1) is 0 Å². The van der Waals surface area contributed by atoms with Crippen LogP contribution in [-0.2, 0) is 16.1 Å². The Morgan fingerprint density at radius 3 is 2.25 bits per heavy atom. The Bertz CT molecular complexity index is 703. The quantitative estimate of drug-likeness (QED) is 0.743. The van der Waals surface area contributed by atoms with Gasteiger partial charge < -0.3 is 14.5 Å². The van der Waals surface area contributed by atoms with Gasteiger partial charge in [0.2, 0.25) is 0 Å². The van der Waals surface area contributed by atoms with Crippen LogP contribution in [0.4, 0.5) is 18.0 Å². The second-order valence-corrected chi connectivity index (χ2v) is 6.00. The van der Waals surface area contributed by atoms with Crippen molar-refractivity contribution in [1.82, 2.24) is 20.7 Å². The number of amides is 4. The van der Waals surface area contributed by atoms with Crippen molar-refractivity contribution < 1.29 is 32.3 Å². The number of hydrogen-bond acceptors (Lipinski definition) is 4. The van der Waals surface area contributed by atoms with Crippen LogP contribution in [0.15, 0.2) is 24.3 Å². The number of carbonyl (C=O) groups excluding carboxylic acids is 3. The molecule has 0 aliphatic carbocycles. The molecule has 0 unspecified atom stereocenters. The van der Waals surface area contributed by atoms with Crippen LogP contribution in [0.1, 0.15) is 22.8 Å². The summed E-state index contributed by atoms with van der Waals surface area (Å²) >= 11 is 0. The van der Waals surface area contributed by atoms with Crippen molar-refractivity contribution in [3.8, 4) is 0 Å². The summed E-state index contributed by atoms with van der Waals surface area (Å²) in [6, 6.07) is 5.88. The predicted octanol–water partition coefficient (Wildman–Crippen LogP) is 1.28. The van der Waals surface area contributed by atoms with E-state index in [0.29, 0.717) is 39.4 Å². The number of halogens is 3. The van der Waals surface area contributed by atoms with Gasteiger partial charge in [0.25, 0.3) is 5.91 Å². The molecule has 1 aromatic carbocycles. The smallest absolute Gasteiger partial charge is 0.378 e. The molecule has 8 nitrogen and oxygen atoms in total. The van der Waals surface area contributed by atoms with E-state index < -0.39 is 18.0 Å². The van der Waals surface area contributed by atoms with Crippen molar-refractivity contribution >= 4 is 17.8 Å². The number of carbonyl (C=O) groups is 3. The average molecular weight is 402 g/mol. The maximum absolute atomic E-state index is 12.5. The van der Waals surface area contributed by atoms with Gasteiger partial charge in [0.15, 0.2) is 0 Å². The molecule has 0 saturated carbocycles. The summed E-state index contributed by atoms with van der Waals surface area (Å²) in [6.07, 6.45) is -5.09. The van der Waals surface area contributed by atoms with E-state index in [1.165, 1.54) is 17.6 Å². The summed E-state index contributed by atoms with van der Waals surface area (Å²) in [4.78, 5) is 38.4. The lowest BCUT2D eigenvalue weighted by atomic mass is 10.1. The van der Waals surface area contributed by atoms with E-state index in [4.69, 9.17) is 4.74 Å². The Morgan fingerprint density at radius 2 is 1.71 bits per heavy atom. The van der Waals surface area contributed by atoms with Gasteiger partial charge in [0, 0.05) is 31.7 Å². The highest BCUT2D eigenvalue weighted by atomic mass is 19.4. The summed E-state index contributed by atoms with van der Waals surface area (Å²) in [5.74, 6) is -3.15. The molecule has 4 amide bonds. The van der Waals surface area contributed by atoms with Gasteiger partial charge in [-0.05, 0) is 24.6 Å². The SMILES string of the molecule is CCN(Cc1ccc(C(=O)NNC(=O)C(F)(F)F)cc1)C(=O)N1CCOCC1. The molecule has 1 aromatic rings. The molecule has 11 heteroatoms. The molecule has 154 valence electrons. The molecule has 0 spiro atoms. The zero-order valence-corrected chi connectivity index (χ0v) is 15.2. The van der Waals surface area contributed by atoms with Gasteiger partial charge >= 0.3 is 18.1 Å². The molecular formula is C17H21F3N4O4. The van der Waals surface area contributed by atoms with Crippen molar-refractivity contribution in [2.24, 2.45) is 0 Å². The highest BCUT2D eigenvalue weighted by Crippen LogP contribution is 2.14. The molecule has 0 aromatic heterocycles. The second-order valence-electron chi connectivity index (χ2n) is 6.00. The normalized spacial score (nSPS) is 14.4. The fraction of sp³-hybridized carbons (Fsp3) is 0.471. The van der Waals surface area contributed by atoms with Crippen LogP contribution in [0.25, 0.3) is 0 Å². The van der Waals surface area contributed by atoms with Gasteiger partial charge in [-0.2, -0.15) is 13.2 Å². The van der Waals surface area contributed by atoms with Gasteiger partial charge in [-0.3, -0.25) is 20.4 Å². The summed E-state index contributed by atoms with van der Waals surface area (Å²) in [7, 11) is 0. The lowest BCUT2D eigenvalue weighted by Gasteiger charge is -2.32. The van der Waals surface area contributed by atoms with Gasteiger partial charge in [-0.15, -0.1) is 0 Å². The Kier molecular flexibility index (Phi) is 7.21. The van der Waals surface area contributed by atoms with Gasteiger partial charge in [0.05, 0.1) is 13.2 Å². The van der Waals surface area contributed by atoms with E-state index in [-0.39, 0.29) is 11.6 Å². The highest BCUT2D eigenvalue weighted by molar-refractivity contribution is 5.95. The first-order valence-corrected chi connectivity index (χ1v) is 8.60. The zero-order chi connectivity index (χ0) is 20.7. The Morgan fingerprint density at radius 1 is 1.11 bits per heavy atom. The number of benzene rings is 1. The van der Waals surface area contributed by atoms with Crippen LogP contribution >= 0.6 is 0 Å². The number of morpholine rings is 1. The Balaban J connectivity index is 1.92. The van der Waals surface area contributed by atoms with Gasteiger partial charge in [0.1, 0.15) is 0 Å². The van der Waals surface area contributed by atoms with Crippen LogP contribution < -0.4 is 10.9 Å². The molecule has 2 rings (SSSR count). The summed E-state index contributed by atoms with van der Waals surface area (Å²) in [5.41, 5.74) is 3.81. The molecule has 1 aliphatic heterocycles. The summed E-state index contributed by atoms with van der Waals surface area (Å²) < 4.78 is 41.5. The molecule has 0 radical (unpaired) electrons. The molecule has 0 atom stereocenters. The van der Waals surface area contributed by atoms with Crippen LogP contribution in [0.5, 0.6) is 0 Å². The number of rotatable bonds is 4. The van der Waals surface area contributed by atoms with Crippen LogP contribution in [0.2, 0.25) is 0 Å². The predicted molar refractivity (Wildman–Crippen MR) is 92.0 cm³/mol. The van der Waals surface area contributed by atoms with E-state index in [0.717, 1.165) is 5.56 Å². The average Bonchev–Trinajstić information content (AvgIpc) is 2.69. The summed E-state index contributed by atoms with van der Waals surface area (Å²) in [5, 5.41) is 0. The van der Waals surface area contributed by atoms with E-state index >= 15 is 0 Å². The minimum atomic E-state index is -5.09. The molecule has 1 heterocycles. The second kappa shape index (κ2) is 9.40. The minimum absolute atomic E-state index is 0.0637. The molecule has 2 N–H and O–H groups in total. The van der Waals surface area contributed by atoms with Crippen molar-refractivity contribution in [3.05, 3.63) is 35.4 Å². The highest BCUT2D eigenvalue weighted by Gasteiger charge is 2.39. The largest absolute Gasteiger partial charge is 0.472 e. The van der Waals surface area contributed by atoms with E-state index in [1.807, 2.05) is 6.92 Å². The Hall–Kier alpha value is -2.82. The van der Waals surface area contributed by atoms with E-state index in [9.17, 15) is 27.6 Å². The van der Waals surface area contributed by atoms with Crippen LogP contribution in [-0.4, -0.2) is 66.7 Å². The first-order valence-electron chi connectivity index (χ1n) is 8.60. The van der Waals surface area contributed by atoms with Gasteiger partial charge in [-0.25, -0.2) is 4.79 Å². The van der Waals surface area contributed by atoms with Crippen molar-refractivity contribution in [2.75, 3.05) is 32.8 Å². The third kappa shape index (κ3) is 5.84. The maximum Gasteiger partial charge on any atom is 0.472 e. The fourth-order valence-electron chi connectivity index (χ4n) is 2.51. The number of hydrogen-bond donors (Lipinski definition) is 2. The minimum Gasteiger partial charge on any atom is -0.378 e. The van der Waals surface area contributed by atoms with Crippen molar-refractivity contribution in [3.63, 3.8) is 0 Å². The first-order chi connectivity index (χ1) is 13.2. The van der Waals surface area contributed by atoms with Crippen molar-refractivity contribution in [2.45, 2.75) is 19.6 Å². The molecule has 1 fully saturated rings. The van der Waals surface area contributed by atoms with E-state index in [2.05, 4.69) is 0 Å². The topological polar surface area (TPSA) is 91.0 Å². The van der Waals surface area contributed by atoms with E-state index in [1.54, 1.807) is 27.4 Å². The number of urea groups is 1. The number of hydrazine groups is 1. The molecule has 28 heavy (non-hydrogen) atoms. The molecule has 1 aliphatic rings.